The number of allylic oxidation sites excluding steroid dienone is 1. The Morgan fingerprint density at radius 1 is 0.875 bits per heavy atom. The maximum atomic E-state index is 13.8. The topological polar surface area (TPSA) is 87.5 Å². The molecule has 6 rings (SSSR count). The standard InChI is InChI=1S/C36H31Cl3N4O4S/c1-3-45-31-18-24(16-17-30(31)46-20-26-28(38)14-9-15-29(26)39)33-32(34(44)47-19-23-10-5-4-6-11-23)22(2)40-35-41-36(42-43(33)35)48-21-25-12-7-8-13-27(25)37/h4-18,33H,3,19-21H2,1-2H3,(H,40,41,42). The fourth-order valence-electron chi connectivity index (χ4n) is 5.23. The van der Waals surface area contributed by atoms with Gasteiger partial charge in [0.2, 0.25) is 11.1 Å². The summed E-state index contributed by atoms with van der Waals surface area (Å²) in [5, 5.41) is 10.3. The van der Waals surface area contributed by atoms with Gasteiger partial charge in [0.15, 0.2) is 11.5 Å². The van der Waals surface area contributed by atoms with E-state index in [1.807, 2.05) is 80.6 Å². The number of fused-ring (bicyclic) bond motifs is 1. The van der Waals surface area contributed by atoms with E-state index in [0.717, 1.165) is 16.7 Å². The molecule has 1 aromatic heterocycles. The third-order valence-electron chi connectivity index (χ3n) is 7.60. The van der Waals surface area contributed by atoms with E-state index in [2.05, 4.69) is 5.32 Å². The van der Waals surface area contributed by atoms with Crippen LogP contribution in [0.1, 0.15) is 42.1 Å². The van der Waals surface area contributed by atoms with Crippen LogP contribution in [0.5, 0.6) is 11.5 Å². The fourth-order valence-corrected chi connectivity index (χ4v) is 6.85. The zero-order chi connectivity index (χ0) is 33.6. The highest BCUT2D eigenvalue weighted by Crippen LogP contribution is 2.41. The van der Waals surface area contributed by atoms with Gasteiger partial charge >= 0.3 is 5.97 Å². The lowest BCUT2D eigenvalue weighted by molar-refractivity contribution is -0.140. The van der Waals surface area contributed by atoms with Crippen LogP contribution in [0.25, 0.3) is 0 Å². The molecule has 0 spiro atoms. The highest BCUT2D eigenvalue weighted by Gasteiger charge is 2.36. The van der Waals surface area contributed by atoms with Crippen molar-refractivity contribution in [3.63, 3.8) is 0 Å². The molecule has 0 bridgehead atoms. The predicted octanol–water partition coefficient (Wildman–Crippen LogP) is 9.54. The number of anilines is 1. The summed E-state index contributed by atoms with van der Waals surface area (Å²) in [7, 11) is 0. The summed E-state index contributed by atoms with van der Waals surface area (Å²) < 4.78 is 19.7. The maximum Gasteiger partial charge on any atom is 0.338 e. The summed E-state index contributed by atoms with van der Waals surface area (Å²) in [5.41, 5.74) is 4.24. The number of halogens is 3. The molecule has 246 valence electrons. The third kappa shape index (κ3) is 7.60. The van der Waals surface area contributed by atoms with Gasteiger partial charge in [-0.1, -0.05) is 107 Å². The number of nitrogens with one attached hydrogen (secondary N) is 1. The Hall–Kier alpha value is -4.15. The number of esters is 1. The van der Waals surface area contributed by atoms with Crippen molar-refractivity contribution >= 4 is 58.5 Å². The summed E-state index contributed by atoms with van der Waals surface area (Å²) >= 11 is 20.6. The molecule has 1 N–H and O–H groups in total. The van der Waals surface area contributed by atoms with Crippen molar-refractivity contribution < 1.29 is 19.0 Å². The Bertz CT molecular complexity index is 1950. The Balaban J connectivity index is 1.34. The second kappa shape index (κ2) is 15.4. The minimum absolute atomic E-state index is 0.119. The minimum Gasteiger partial charge on any atom is -0.490 e. The van der Waals surface area contributed by atoms with Crippen molar-refractivity contribution in [3.05, 3.63) is 140 Å². The molecule has 48 heavy (non-hydrogen) atoms. The summed E-state index contributed by atoms with van der Waals surface area (Å²) in [6.07, 6.45) is 0. The van der Waals surface area contributed by atoms with Crippen LogP contribution in [0, 0.1) is 0 Å². The molecule has 1 aliphatic rings. The van der Waals surface area contributed by atoms with Crippen LogP contribution >= 0.6 is 46.6 Å². The average Bonchev–Trinajstić information content (AvgIpc) is 3.49. The molecule has 0 fully saturated rings. The van der Waals surface area contributed by atoms with E-state index < -0.39 is 12.0 Å². The first-order chi connectivity index (χ1) is 23.3. The lowest BCUT2D eigenvalue weighted by Crippen LogP contribution is -2.29. The molecule has 1 aliphatic heterocycles. The molecule has 0 aliphatic carbocycles. The summed E-state index contributed by atoms with van der Waals surface area (Å²) in [4.78, 5) is 18.6. The summed E-state index contributed by atoms with van der Waals surface area (Å²) in [6.45, 7) is 4.36. The van der Waals surface area contributed by atoms with Crippen LogP contribution in [-0.4, -0.2) is 27.3 Å². The molecule has 0 saturated heterocycles. The van der Waals surface area contributed by atoms with Crippen LogP contribution in [0.2, 0.25) is 15.1 Å². The van der Waals surface area contributed by atoms with Gasteiger partial charge < -0.3 is 19.5 Å². The first-order valence-corrected chi connectivity index (χ1v) is 17.3. The van der Waals surface area contributed by atoms with E-state index >= 15 is 0 Å². The largest absolute Gasteiger partial charge is 0.490 e. The van der Waals surface area contributed by atoms with E-state index in [9.17, 15) is 4.79 Å². The third-order valence-corrected chi connectivity index (χ3v) is 9.56. The predicted molar refractivity (Wildman–Crippen MR) is 190 cm³/mol. The zero-order valence-electron chi connectivity index (χ0n) is 26.1. The number of hydrogen-bond acceptors (Lipinski definition) is 8. The van der Waals surface area contributed by atoms with Crippen molar-refractivity contribution in [2.24, 2.45) is 0 Å². The van der Waals surface area contributed by atoms with E-state index in [1.165, 1.54) is 11.8 Å². The number of rotatable bonds is 12. The van der Waals surface area contributed by atoms with E-state index in [0.29, 0.717) is 66.9 Å². The molecular weight excluding hydrogens is 691 g/mol. The average molecular weight is 722 g/mol. The summed E-state index contributed by atoms with van der Waals surface area (Å²) in [5.74, 6) is 1.57. The monoisotopic (exact) mass is 720 g/mol. The minimum atomic E-state index is -0.682. The van der Waals surface area contributed by atoms with Gasteiger partial charge in [-0.05, 0) is 60.9 Å². The number of hydrogen-bond donors (Lipinski definition) is 1. The van der Waals surface area contributed by atoms with Crippen molar-refractivity contribution in [2.45, 2.75) is 44.0 Å². The lowest BCUT2D eigenvalue weighted by atomic mass is 9.95. The maximum absolute atomic E-state index is 13.8. The van der Waals surface area contributed by atoms with Gasteiger partial charge in [0, 0.05) is 32.1 Å². The van der Waals surface area contributed by atoms with Crippen LogP contribution in [-0.2, 0) is 28.5 Å². The lowest BCUT2D eigenvalue weighted by Gasteiger charge is -2.28. The molecule has 0 amide bonds. The molecule has 2 heterocycles. The van der Waals surface area contributed by atoms with Gasteiger partial charge in [0.25, 0.3) is 0 Å². The zero-order valence-corrected chi connectivity index (χ0v) is 29.2. The number of nitrogens with zero attached hydrogens (tertiary/aromatic N) is 3. The number of carbonyl (C=O) groups excluding carboxylic acids is 1. The molecule has 12 heteroatoms. The normalized spacial score (nSPS) is 13.9. The van der Waals surface area contributed by atoms with Crippen LogP contribution < -0.4 is 14.8 Å². The Morgan fingerprint density at radius 2 is 1.60 bits per heavy atom. The fraction of sp³-hybridized carbons (Fsp3) is 0.194. The first kappa shape index (κ1) is 33.7. The number of benzene rings is 4. The first-order valence-electron chi connectivity index (χ1n) is 15.2. The van der Waals surface area contributed by atoms with Gasteiger partial charge in [-0.2, -0.15) is 4.98 Å². The van der Waals surface area contributed by atoms with Crippen LogP contribution in [0.4, 0.5) is 5.95 Å². The van der Waals surface area contributed by atoms with E-state index in [-0.39, 0.29) is 13.2 Å². The van der Waals surface area contributed by atoms with Crippen LogP contribution in [0.15, 0.2) is 107 Å². The van der Waals surface area contributed by atoms with Crippen LogP contribution in [0.3, 0.4) is 0 Å². The highest BCUT2D eigenvalue weighted by molar-refractivity contribution is 7.98. The van der Waals surface area contributed by atoms with Gasteiger partial charge in [0.1, 0.15) is 19.3 Å². The van der Waals surface area contributed by atoms with E-state index in [4.69, 9.17) is 59.1 Å². The second-order valence-electron chi connectivity index (χ2n) is 10.8. The molecule has 1 atom stereocenters. The van der Waals surface area contributed by atoms with Gasteiger partial charge in [-0.25, -0.2) is 9.48 Å². The molecular formula is C36H31Cl3N4O4S. The number of aromatic nitrogens is 3. The molecule has 8 nitrogen and oxygen atoms in total. The molecule has 4 aromatic carbocycles. The second-order valence-corrected chi connectivity index (χ2v) is 13.0. The molecule has 0 saturated carbocycles. The molecule has 1 unspecified atom stereocenters. The smallest absolute Gasteiger partial charge is 0.338 e. The Morgan fingerprint density at radius 3 is 2.35 bits per heavy atom. The van der Waals surface area contributed by atoms with Crippen molar-refractivity contribution in [1.29, 1.82) is 0 Å². The molecule has 5 aromatic rings. The summed E-state index contributed by atoms with van der Waals surface area (Å²) in [6, 6.07) is 27.4. The van der Waals surface area contributed by atoms with Gasteiger partial charge in [-0.3, -0.25) is 0 Å². The SMILES string of the molecule is CCOc1cc(C2C(C(=O)OCc3ccccc3)=C(C)Nc3nc(SCc4ccccc4Cl)nn32)ccc1OCc1c(Cl)cccc1Cl. The highest BCUT2D eigenvalue weighted by atomic mass is 35.5. The van der Waals surface area contributed by atoms with E-state index in [1.54, 1.807) is 28.9 Å². The van der Waals surface area contributed by atoms with Gasteiger partial charge in [-0.15, -0.1) is 5.10 Å². The Labute approximate surface area is 298 Å². The number of thioether (sulfide) groups is 1. The quantitative estimate of drug-likeness (QED) is 0.101. The number of ether oxygens (including phenoxy) is 3. The van der Waals surface area contributed by atoms with Gasteiger partial charge in [0.05, 0.1) is 12.2 Å². The van der Waals surface area contributed by atoms with Crippen molar-refractivity contribution in [2.75, 3.05) is 11.9 Å². The molecule has 0 radical (unpaired) electrons. The van der Waals surface area contributed by atoms with Crippen molar-refractivity contribution in [1.82, 2.24) is 14.8 Å². The van der Waals surface area contributed by atoms with Crippen molar-refractivity contribution in [3.8, 4) is 11.5 Å². The number of carbonyl (C=O) groups is 1. The Kier molecular flexibility index (Phi) is 10.8.